The van der Waals surface area contributed by atoms with Crippen LogP contribution in [0.1, 0.15) is 61.3 Å². The average Bonchev–Trinajstić information content (AvgIpc) is 3.04. The van der Waals surface area contributed by atoms with Gasteiger partial charge in [0.2, 0.25) is 5.16 Å². The molecule has 2 bridgehead atoms. The summed E-state index contributed by atoms with van der Waals surface area (Å²) in [6.45, 7) is 6.95. The molecular formula is C23H23N3OS. The summed E-state index contributed by atoms with van der Waals surface area (Å²) in [6.07, 6.45) is 2.32. The van der Waals surface area contributed by atoms with Gasteiger partial charge in [0.1, 0.15) is 0 Å². The van der Waals surface area contributed by atoms with Crippen LogP contribution in [0.25, 0.3) is 10.8 Å². The van der Waals surface area contributed by atoms with E-state index in [1.165, 1.54) is 18.2 Å². The van der Waals surface area contributed by atoms with E-state index in [0.717, 1.165) is 34.1 Å². The molecule has 0 spiro atoms. The molecule has 0 aliphatic heterocycles. The third kappa shape index (κ3) is 2.45. The maximum Gasteiger partial charge on any atom is 0.209 e. The van der Waals surface area contributed by atoms with E-state index >= 15 is 0 Å². The van der Waals surface area contributed by atoms with Crippen molar-refractivity contribution in [2.75, 3.05) is 5.75 Å². The highest BCUT2D eigenvalue weighted by atomic mass is 32.2. The van der Waals surface area contributed by atoms with Crippen LogP contribution in [0.4, 0.5) is 0 Å². The number of carbonyl (C=O) groups is 1. The minimum Gasteiger partial charge on any atom is -0.293 e. The van der Waals surface area contributed by atoms with Crippen molar-refractivity contribution in [2.24, 2.45) is 5.41 Å². The van der Waals surface area contributed by atoms with Crippen molar-refractivity contribution in [3.63, 3.8) is 0 Å². The lowest BCUT2D eigenvalue weighted by Gasteiger charge is -2.33. The summed E-state index contributed by atoms with van der Waals surface area (Å²) in [6, 6.07) is 13.9. The molecule has 28 heavy (non-hydrogen) atoms. The molecule has 1 aromatic heterocycles. The van der Waals surface area contributed by atoms with Gasteiger partial charge in [-0.05, 0) is 35.1 Å². The molecule has 0 saturated heterocycles. The van der Waals surface area contributed by atoms with Crippen LogP contribution in [0.5, 0.6) is 0 Å². The number of hydrogen-bond acceptors (Lipinski definition) is 5. The summed E-state index contributed by atoms with van der Waals surface area (Å²) in [7, 11) is 0. The molecular weight excluding hydrogens is 366 g/mol. The third-order valence-electron chi connectivity index (χ3n) is 7.18. The molecule has 5 rings (SSSR count). The van der Waals surface area contributed by atoms with Crippen LogP contribution in [-0.4, -0.2) is 26.7 Å². The summed E-state index contributed by atoms with van der Waals surface area (Å²) in [5, 5.41) is 11.7. The van der Waals surface area contributed by atoms with E-state index in [0.29, 0.717) is 16.8 Å². The molecule has 1 fully saturated rings. The average molecular weight is 390 g/mol. The Hall–Kier alpha value is -2.27. The Morgan fingerprint density at radius 1 is 1.11 bits per heavy atom. The number of nitrogens with zero attached hydrogens (tertiary/aromatic N) is 3. The third-order valence-corrected chi connectivity index (χ3v) is 8.01. The zero-order valence-corrected chi connectivity index (χ0v) is 17.2. The molecule has 2 aliphatic rings. The molecule has 2 aliphatic carbocycles. The normalized spacial score (nSPS) is 24.5. The van der Waals surface area contributed by atoms with E-state index in [1.807, 2.05) is 36.4 Å². The van der Waals surface area contributed by atoms with Crippen LogP contribution in [0.15, 0.2) is 47.6 Å². The summed E-state index contributed by atoms with van der Waals surface area (Å²) in [5.74, 6) is 0.862. The smallest absolute Gasteiger partial charge is 0.209 e. The second kappa shape index (κ2) is 6.11. The molecule has 5 heteroatoms. The van der Waals surface area contributed by atoms with Crippen molar-refractivity contribution in [3.05, 3.63) is 59.4 Å². The SMILES string of the molecule is CC1(C)[C@H]2CC[C@@]1(C)c1nc(SCC(=O)c3ccc4ccccc4c3)nnc12. The van der Waals surface area contributed by atoms with E-state index in [2.05, 4.69) is 37.0 Å². The Bertz CT molecular complexity index is 1110. The molecule has 2 aromatic carbocycles. The summed E-state index contributed by atoms with van der Waals surface area (Å²) < 4.78 is 0. The van der Waals surface area contributed by atoms with E-state index in [4.69, 9.17) is 4.98 Å². The van der Waals surface area contributed by atoms with Gasteiger partial charge in [-0.2, -0.15) is 5.10 Å². The van der Waals surface area contributed by atoms with Gasteiger partial charge in [-0.1, -0.05) is 68.9 Å². The molecule has 2 atom stereocenters. The fourth-order valence-corrected chi connectivity index (χ4v) is 5.68. The highest BCUT2D eigenvalue weighted by molar-refractivity contribution is 7.99. The van der Waals surface area contributed by atoms with Gasteiger partial charge in [-0.15, -0.1) is 5.10 Å². The molecule has 0 unspecified atom stereocenters. The van der Waals surface area contributed by atoms with Crippen molar-refractivity contribution >= 4 is 28.3 Å². The van der Waals surface area contributed by atoms with Crippen molar-refractivity contribution in [2.45, 2.75) is 50.1 Å². The number of carbonyl (C=O) groups excluding carboxylic acids is 1. The number of ketones is 1. The minimum atomic E-state index is 0.0562. The van der Waals surface area contributed by atoms with Gasteiger partial charge in [-0.3, -0.25) is 4.79 Å². The number of fused-ring (bicyclic) bond motifs is 6. The highest BCUT2D eigenvalue weighted by Crippen LogP contribution is 2.66. The number of benzene rings is 2. The summed E-state index contributed by atoms with van der Waals surface area (Å²) >= 11 is 1.39. The first-order chi connectivity index (χ1) is 13.4. The first-order valence-electron chi connectivity index (χ1n) is 9.80. The van der Waals surface area contributed by atoms with E-state index in [9.17, 15) is 4.79 Å². The largest absolute Gasteiger partial charge is 0.293 e. The van der Waals surface area contributed by atoms with E-state index in [-0.39, 0.29) is 16.6 Å². The number of rotatable bonds is 4. The number of thioether (sulfide) groups is 1. The molecule has 4 nitrogen and oxygen atoms in total. The molecule has 0 radical (unpaired) electrons. The predicted molar refractivity (Wildman–Crippen MR) is 112 cm³/mol. The Kier molecular flexibility index (Phi) is 3.89. The zero-order chi connectivity index (χ0) is 19.5. The van der Waals surface area contributed by atoms with Crippen molar-refractivity contribution in [1.82, 2.24) is 15.2 Å². The van der Waals surface area contributed by atoms with Gasteiger partial charge < -0.3 is 0 Å². The molecule has 0 amide bonds. The standard InChI is InChI=1S/C23H23N3OS/c1-22(2)17-10-11-23(22,3)20-19(17)25-26-21(24-20)28-13-18(27)16-9-8-14-6-4-5-7-15(14)12-16/h4-9,12,17H,10-11,13H2,1-3H3/t17-,23-/m0/s1. The van der Waals surface area contributed by atoms with Crippen molar-refractivity contribution in [3.8, 4) is 0 Å². The molecule has 1 saturated carbocycles. The molecule has 3 aromatic rings. The summed E-state index contributed by atoms with van der Waals surface area (Å²) in [5.41, 5.74) is 3.13. The van der Waals surface area contributed by atoms with Crippen LogP contribution in [0.2, 0.25) is 0 Å². The Morgan fingerprint density at radius 3 is 2.71 bits per heavy atom. The fourth-order valence-electron chi connectivity index (χ4n) is 5.00. The van der Waals surface area contributed by atoms with E-state index in [1.54, 1.807) is 0 Å². The quantitative estimate of drug-likeness (QED) is 0.455. The Labute approximate surface area is 169 Å². The van der Waals surface area contributed by atoms with Gasteiger partial charge in [-0.25, -0.2) is 4.98 Å². The van der Waals surface area contributed by atoms with Crippen molar-refractivity contribution in [1.29, 1.82) is 0 Å². The minimum absolute atomic E-state index is 0.0562. The van der Waals surface area contributed by atoms with Crippen LogP contribution >= 0.6 is 11.8 Å². The Morgan fingerprint density at radius 2 is 1.89 bits per heavy atom. The second-order valence-electron chi connectivity index (χ2n) is 8.75. The van der Waals surface area contributed by atoms with Gasteiger partial charge in [0.05, 0.1) is 17.1 Å². The van der Waals surface area contributed by atoms with Crippen LogP contribution < -0.4 is 0 Å². The number of hydrogen-bond donors (Lipinski definition) is 0. The molecule has 0 N–H and O–H groups in total. The number of aromatic nitrogens is 3. The monoisotopic (exact) mass is 389 g/mol. The maximum atomic E-state index is 12.7. The van der Waals surface area contributed by atoms with Crippen molar-refractivity contribution < 1.29 is 4.79 Å². The first-order valence-corrected chi connectivity index (χ1v) is 10.8. The first kappa shape index (κ1) is 17.8. The lowest BCUT2D eigenvalue weighted by Crippen LogP contribution is -2.32. The number of Topliss-reactive ketones (excluding diaryl/α,β-unsaturated/α-hetero) is 1. The van der Waals surface area contributed by atoms with Gasteiger partial charge in [0, 0.05) is 16.9 Å². The second-order valence-corrected chi connectivity index (χ2v) is 9.69. The van der Waals surface area contributed by atoms with E-state index < -0.39 is 0 Å². The maximum absolute atomic E-state index is 12.7. The lowest BCUT2D eigenvalue weighted by molar-refractivity contribution is 0.102. The predicted octanol–water partition coefficient (Wildman–Crippen LogP) is 5.17. The van der Waals surface area contributed by atoms with Gasteiger partial charge >= 0.3 is 0 Å². The summed E-state index contributed by atoms with van der Waals surface area (Å²) in [4.78, 5) is 17.5. The fraction of sp³-hybridized carbons (Fsp3) is 0.391. The van der Waals surface area contributed by atoms with Gasteiger partial charge in [0.15, 0.2) is 5.78 Å². The molecule has 142 valence electrons. The topological polar surface area (TPSA) is 55.7 Å². The molecule has 1 heterocycles. The van der Waals surface area contributed by atoms with Crippen LogP contribution in [0.3, 0.4) is 0 Å². The highest BCUT2D eigenvalue weighted by Gasteiger charge is 2.61. The lowest BCUT2D eigenvalue weighted by atomic mass is 9.70. The zero-order valence-electron chi connectivity index (χ0n) is 16.4. The van der Waals surface area contributed by atoms with Crippen LogP contribution in [-0.2, 0) is 5.41 Å². The Balaban J connectivity index is 1.36. The van der Waals surface area contributed by atoms with Gasteiger partial charge in [0.25, 0.3) is 0 Å². The van der Waals surface area contributed by atoms with Crippen LogP contribution in [0, 0.1) is 5.41 Å².